The summed E-state index contributed by atoms with van der Waals surface area (Å²) in [4.78, 5) is 14.4. The summed E-state index contributed by atoms with van der Waals surface area (Å²) in [6, 6.07) is 22.9. The zero-order valence-corrected chi connectivity index (χ0v) is 19.2. The van der Waals surface area contributed by atoms with E-state index in [4.69, 9.17) is 28.9 Å². The standard InChI is InChI=1S/C25H27Cl2N3O2/c26-21-14-20(15-22(27)25(21)28)23(31)17-30(16-19-9-5-2-6-10-19)12-11-29-24(32)13-18-7-3-1-4-8-18/h1-10,14-15,23,31H,11-13,16-17,28H2,(H,29,32). The Bertz CT molecular complexity index is 993. The summed E-state index contributed by atoms with van der Waals surface area (Å²) in [5, 5.41) is 14.4. The molecule has 168 valence electrons. The van der Waals surface area contributed by atoms with Crippen LogP contribution < -0.4 is 11.1 Å². The monoisotopic (exact) mass is 471 g/mol. The number of hydrogen-bond donors (Lipinski definition) is 3. The van der Waals surface area contributed by atoms with Gasteiger partial charge in [-0.1, -0.05) is 83.9 Å². The van der Waals surface area contributed by atoms with Crippen molar-refractivity contribution in [3.8, 4) is 0 Å². The van der Waals surface area contributed by atoms with Crippen LogP contribution in [0.25, 0.3) is 0 Å². The number of hydrogen-bond acceptors (Lipinski definition) is 4. The van der Waals surface area contributed by atoms with Gasteiger partial charge in [0.1, 0.15) is 0 Å². The summed E-state index contributed by atoms with van der Waals surface area (Å²) in [5.74, 6) is -0.0338. The molecule has 4 N–H and O–H groups in total. The number of amides is 1. The molecule has 0 saturated heterocycles. The summed E-state index contributed by atoms with van der Waals surface area (Å²) < 4.78 is 0. The Hall–Kier alpha value is -2.57. The Labute approximate surface area is 198 Å². The van der Waals surface area contributed by atoms with Crippen LogP contribution in [0.4, 0.5) is 5.69 Å². The van der Waals surface area contributed by atoms with E-state index in [0.717, 1.165) is 11.1 Å². The van der Waals surface area contributed by atoms with Crippen LogP contribution in [0.15, 0.2) is 72.8 Å². The highest BCUT2D eigenvalue weighted by molar-refractivity contribution is 6.38. The lowest BCUT2D eigenvalue weighted by molar-refractivity contribution is -0.120. The van der Waals surface area contributed by atoms with Gasteiger partial charge >= 0.3 is 0 Å². The number of aliphatic hydroxyl groups is 1. The van der Waals surface area contributed by atoms with Gasteiger partial charge in [-0.05, 0) is 28.8 Å². The number of carbonyl (C=O) groups excluding carboxylic acids is 1. The van der Waals surface area contributed by atoms with Crippen molar-refractivity contribution in [1.29, 1.82) is 0 Å². The van der Waals surface area contributed by atoms with Crippen LogP contribution in [0, 0.1) is 0 Å². The third-order valence-electron chi connectivity index (χ3n) is 5.12. The number of nitrogens with two attached hydrogens (primary N) is 1. The van der Waals surface area contributed by atoms with Gasteiger partial charge in [0.2, 0.25) is 5.91 Å². The maximum Gasteiger partial charge on any atom is 0.224 e. The first-order valence-electron chi connectivity index (χ1n) is 10.4. The number of halogens is 2. The second-order valence-corrected chi connectivity index (χ2v) is 8.46. The number of nitrogen functional groups attached to an aromatic ring is 1. The number of rotatable bonds is 10. The SMILES string of the molecule is Nc1c(Cl)cc(C(O)CN(CCNC(=O)Cc2ccccc2)Cc2ccccc2)cc1Cl. The van der Waals surface area contributed by atoms with Gasteiger partial charge in [0, 0.05) is 26.2 Å². The van der Waals surface area contributed by atoms with E-state index in [-0.39, 0.29) is 5.91 Å². The molecule has 1 atom stereocenters. The number of aliphatic hydroxyl groups excluding tert-OH is 1. The van der Waals surface area contributed by atoms with Crippen molar-refractivity contribution >= 4 is 34.8 Å². The Morgan fingerprint density at radius 1 is 0.969 bits per heavy atom. The maximum atomic E-state index is 12.3. The highest BCUT2D eigenvalue weighted by Crippen LogP contribution is 2.31. The van der Waals surface area contributed by atoms with E-state index in [9.17, 15) is 9.90 Å². The van der Waals surface area contributed by atoms with Crippen LogP contribution in [0.5, 0.6) is 0 Å². The first-order chi connectivity index (χ1) is 15.4. The van der Waals surface area contributed by atoms with E-state index < -0.39 is 6.10 Å². The van der Waals surface area contributed by atoms with Crippen molar-refractivity contribution in [2.45, 2.75) is 19.1 Å². The van der Waals surface area contributed by atoms with Crippen molar-refractivity contribution < 1.29 is 9.90 Å². The molecule has 0 aromatic heterocycles. The van der Waals surface area contributed by atoms with E-state index in [0.29, 0.717) is 53.9 Å². The van der Waals surface area contributed by atoms with Gasteiger partial charge in [-0.2, -0.15) is 0 Å². The fourth-order valence-corrected chi connectivity index (χ4v) is 3.92. The predicted molar refractivity (Wildman–Crippen MR) is 131 cm³/mol. The average molecular weight is 472 g/mol. The molecule has 0 spiro atoms. The number of anilines is 1. The van der Waals surface area contributed by atoms with Gasteiger partial charge in [-0.3, -0.25) is 9.69 Å². The van der Waals surface area contributed by atoms with Crippen molar-refractivity contribution in [3.63, 3.8) is 0 Å². The van der Waals surface area contributed by atoms with E-state index in [1.165, 1.54) is 0 Å². The third kappa shape index (κ3) is 7.24. The minimum Gasteiger partial charge on any atom is -0.396 e. The molecule has 1 amide bonds. The van der Waals surface area contributed by atoms with E-state index in [1.807, 2.05) is 60.7 Å². The molecule has 1 unspecified atom stereocenters. The Morgan fingerprint density at radius 2 is 1.53 bits per heavy atom. The van der Waals surface area contributed by atoms with Crippen LogP contribution in [0.2, 0.25) is 10.0 Å². The first kappa shape index (κ1) is 24.1. The quantitative estimate of drug-likeness (QED) is 0.381. The summed E-state index contributed by atoms with van der Waals surface area (Å²) in [6.45, 7) is 2.01. The minimum atomic E-state index is -0.811. The number of carbonyl (C=O) groups is 1. The van der Waals surface area contributed by atoms with Crippen LogP contribution in [0.1, 0.15) is 22.8 Å². The van der Waals surface area contributed by atoms with Crippen LogP contribution in [0.3, 0.4) is 0 Å². The van der Waals surface area contributed by atoms with E-state index >= 15 is 0 Å². The van der Waals surface area contributed by atoms with Crippen LogP contribution in [-0.4, -0.2) is 35.5 Å². The second kappa shape index (κ2) is 11.9. The predicted octanol–water partition coefficient (Wildman–Crippen LogP) is 4.47. The highest BCUT2D eigenvalue weighted by Gasteiger charge is 2.17. The molecule has 0 radical (unpaired) electrons. The summed E-state index contributed by atoms with van der Waals surface area (Å²) >= 11 is 12.3. The normalized spacial score (nSPS) is 12.0. The van der Waals surface area contributed by atoms with E-state index in [1.54, 1.807) is 12.1 Å². The summed E-state index contributed by atoms with van der Waals surface area (Å²) in [6.07, 6.45) is -0.473. The van der Waals surface area contributed by atoms with Crippen LogP contribution >= 0.6 is 23.2 Å². The smallest absolute Gasteiger partial charge is 0.224 e. The molecular weight excluding hydrogens is 445 g/mol. The minimum absolute atomic E-state index is 0.0338. The molecule has 3 rings (SSSR count). The number of nitrogens with zero attached hydrogens (tertiary/aromatic N) is 1. The molecule has 7 heteroatoms. The number of nitrogens with one attached hydrogen (secondary N) is 1. The molecule has 0 saturated carbocycles. The molecule has 3 aromatic rings. The largest absolute Gasteiger partial charge is 0.396 e. The topological polar surface area (TPSA) is 78.6 Å². The molecule has 0 aliphatic carbocycles. The molecule has 32 heavy (non-hydrogen) atoms. The fraction of sp³-hybridized carbons (Fsp3) is 0.240. The average Bonchev–Trinajstić information content (AvgIpc) is 2.78. The molecule has 0 aliphatic rings. The first-order valence-corrected chi connectivity index (χ1v) is 11.2. The number of benzene rings is 3. The lowest BCUT2D eigenvalue weighted by Crippen LogP contribution is -2.37. The molecule has 0 bridgehead atoms. The summed E-state index contributed by atoms with van der Waals surface area (Å²) in [7, 11) is 0. The van der Waals surface area contributed by atoms with Crippen molar-refractivity contribution in [1.82, 2.24) is 10.2 Å². The highest BCUT2D eigenvalue weighted by atomic mass is 35.5. The lowest BCUT2D eigenvalue weighted by atomic mass is 10.1. The van der Waals surface area contributed by atoms with Crippen molar-refractivity contribution in [2.24, 2.45) is 0 Å². The second-order valence-electron chi connectivity index (χ2n) is 7.65. The van der Waals surface area contributed by atoms with Gasteiger partial charge in [0.15, 0.2) is 0 Å². The Morgan fingerprint density at radius 3 is 2.12 bits per heavy atom. The molecule has 0 heterocycles. The summed E-state index contributed by atoms with van der Waals surface area (Å²) in [5.41, 5.74) is 8.79. The fourth-order valence-electron chi connectivity index (χ4n) is 3.42. The van der Waals surface area contributed by atoms with Gasteiger partial charge in [0.25, 0.3) is 0 Å². The van der Waals surface area contributed by atoms with Gasteiger partial charge in [-0.15, -0.1) is 0 Å². The molecule has 5 nitrogen and oxygen atoms in total. The van der Waals surface area contributed by atoms with Crippen LogP contribution in [-0.2, 0) is 17.8 Å². The van der Waals surface area contributed by atoms with Crippen molar-refractivity contribution in [3.05, 3.63) is 99.5 Å². The molecular formula is C25H27Cl2N3O2. The van der Waals surface area contributed by atoms with Gasteiger partial charge < -0.3 is 16.2 Å². The Kier molecular flexibility index (Phi) is 8.94. The zero-order valence-electron chi connectivity index (χ0n) is 17.7. The van der Waals surface area contributed by atoms with E-state index in [2.05, 4.69) is 10.2 Å². The van der Waals surface area contributed by atoms with Crippen molar-refractivity contribution in [2.75, 3.05) is 25.4 Å². The molecule has 0 aliphatic heterocycles. The zero-order chi connectivity index (χ0) is 22.9. The molecule has 0 fully saturated rings. The third-order valence-corrected chi connectivity index (χ3v) is 5.75. The lowest BCUT2D eigenvalue weighted by Gasteiger charge is -2.26. The van der Waals surface area contributed by atoms with Gasteiger partial charge in [0.05, 0.1) is 28.3 Å². The molecule has 3 aromatic carbocycles. The maximum absolute atomic E-state index is 12.3. The van der Waals surface area contributed by atoms with Gasteiger partial charge in [-0.25, -0.2) is 0 Å². The Balaban J connectivity index is 1.62.